The number of carbonyl (C=O) groups is 3. The van der Waals surface area contributed by atoms with E-state index in [2.05, 4.69) is 43.6 Å². The van der Waals surface area contributed by atoms with Crippen LogP contribution in [0.25, 0.3) is 0 Å². The van der Waals surface area contributed by atoms with Crippen molar-refractivity contribution in [1.29, 1.82) is 0 Å². The molecule has 1 aromatic carbocycles. The van der Waals surface area contributed by atoms with Crippen LogP contribution in [0.1, 0.15) is 84.5 Å². The summed E-state index contributed by atoms with van der Waals surface area (Å²) in [5.41, 5.74) is 1.43. The van der Waals surface area contributed by atoms with E-state index in [0.717, 1.165) is 5.56 Å². The molecule has 0 saturated heterocycles. The summed E-state index contributed by atoms with van der Waals surface area (Å²) < 4.78 is 4.90. The van der Waals surface area contributed by atoms with Crippen molar-refractivity contribution in [3.63, 3.8) is 0 Å². The largest absolute Gasteiger partial charge is 0.461 e. The second-order valence-corrected chi connectivity index (χ2v) is 7.91. The van der Waals surface area contributed by atoms with Crippen molar-refractivity contribution in [1.82, 2.24) is 10.6 Å². The van der Waals surface area contributed by atoms with Crippen molar-refractivity contribution < 1.29 is 23.4 Å². The minimum absolute atomic E-state index is 0. The van der Waals surface area contributed by atoms with Crippen LogP contribution in [0.15, 0.2) is 24.3 Å². The zero-order valence-corrected chi connectivity index (χ0v) is 21.5. The molecule has 32 heavy (non-hydrogen) atoms. The van der Waals surface area contributed by atoms with Crippen molar-refractivity contribution in [3.05, 3.63) is 29.8 Å². The maximum absolute atomic E-state index is 12.2. The lowest BCUT2D eigenvalue weighted by Gasteiger charge is -2.22. The van der Waals surface area contributed by atoms with Crippen molar-refractivity contribution in [3.8, 4) is 0 Å². The van der Waals surface area contributed by atoms with Gasteiger partial charge in [0.25, 0.3) is 0 Å². The molecule has 1 aromatic rings. The van der Waals surface area contributed by atoms with Gasteiger partial charge in [0.05, 0.1) is 6.04 Å². The predicted octanol–water partition coefficient (Wildman–Crippen LogP) is 5.40. The Morgan fingerprint density at radius 3 is 1.81 bits per heavy atom. The van der Waals surface area contributed by atoms with Crippen molar-refractivity contribution in [2.75, 3.05) is 12.4 Å². The number of anilines is 1. The lowest BCUT2D eigenvalue weighted by molar-refractivity contribution is -0.142. The molecule has 1 rings (SSSR count). The van der Waals surface area contributed by atoms with Crippen molar-refractivity contribution in [2.45, 2.75) is 93.3 Å². The number of ether oxygens (including phenoxy) is 1. The first-order valence-electron chi connectivity index (χ1n) is 11.6. The van der Waals surface area contributed by atoms with Crippen LogP contribution in [0.2, 0.25) is 0 Å². The van der Waals surface area contributed by atoms with E-state index in [1.807, 2.05) is 13.8 Å². The van der Waals surface area contributed by atoms with Crippen LogP contribution in [0.5, 0.6) is 0 Å². The fraction of sp³-hybridized carbons (Fsp3) is 0.640. The normalized spacial score (nSPS) is 11.7. The van der Waals surface area contributed by atoms with E-state index in [9.17, 15) is 14.4 Å². The molecule has 2 amide bonds. The zero-order valence-electron chi connectivity index (χ0n) is 21.5. The van der Waals surface area contributed by atoms with Gasteiger partial charge in [-0.15, -0.1) is 0 Å². The van der Waals surface area contributed by atoms with Crippen LogP contribution in [-0.4, -0.2) is 36.9 Å². The van der Waals surface area contributed by atoms with Crippen LogP contribution in [0.4, 0.5) is 5.69 Å². The Morgan fingerprint density at radius 1 is 0.938 bits per heavy atom. The molecule has 7 heteroatoms. The molecule has 0 radical (unpaired) electrons. The third-order valence-corrected chi connectivity index (χ3v) is 4.18. The first-order chi connectivity index (χ1) is 15.1. The average molecular weight is 458 g/mol. The highest BCUT2D eigenvalue weighted by Gasteiger charge is 2.23. The first-order valence-corrected chi connectivity index (χ1v) is 11.6. The number of unbranched alkanes of at least 4 members (excludes halogenated alkanes) is 1. The summed E-state index contributed by atoms with van der Waals surface area (Å²) in [6, 6.07) is 5.94. The highest BCUT2D eigenvalue weighted by Crippen LogP contribution is 2.11. The van der Waals surface area contributed by atoms with Gasteiger partial charge in [-0.25, -0.2) is 0 Å². The molecule has 2 atom stereocenters. The maximum atomic E-state index is 12.2. The number of carbonyl (C=O) groups excluding carboxylic acids is 3. The van der Waals surface area contributed by atoms with E-state index in [1.165, 1.54) is 26.2 Å². The molecule has 0 aliphatic carbocycles. The molecule has 0 bridgehead atoms. The predicted molar refractivity (Wildman–Crippen MR) is 139 cm³/mol. The highest BCUT2D eigenvalue weighted by molar-refractivity contribution is 5.97. The van der Waals surface area contributed by atoms with Crippen LogP contribution >= 0.6 is 0 Å². The second kappa shape index (κ2) is 19.3. The lowest BCUT2D eigenvalue weighted by atomic mass is 10.0. The summed E-state index contributed by atoms with van der Waals surface area (Å²) in [6.45, 7) is 15.7. The van der Waals surface area contributed by atoms with Crippen molar-refractivity contribution >= 4 is 23.5 Å². The van der Waals surface area contributed by atoms with E-state index >= 15 is 0 Å². The minimum Gasteiger partial charge on any atom is -0.461 e. The monoisotopic (exact) mass is 457 g/mol. The number of rotatable bonds is 9. The van der Waals surface area contributed by atoms with E-state index in [1.54, 1.807) is 38.2 Å². The summed E-state index contributed by atoms with van der Waals surface area (Å²) in [5.74, 6) is -0.746. The van der Waals surface area contributed by atoms with Crippen LogP contribution < -0.4 is 16.0 Å². The number of likely N-dealkylation sites (N-methyl/N-ethyl adjacent to an activating group) is 1. The Hall–Kier alpha value is -2.41. The molecule has 0 heterocycles. The topological polar surface area (TPSA) is 96.5 Å². The summed E-state index contributed by atoms with van der Waals surface area (Å²) in [7, 11) is 1.71. The SMILES string of the molecule is CCC.CCCC.CNC(C(=O)NC(C)C(=O)Nc1ccc(COC(C)=O)cc1)C(C)C.[HH].[HH].[HH]. The standard InChI is InChI=1S/C18H27N3O4.C4H10.C3H8.3H2/c1-11(2)16(19-5)18(24)20-12(3)17(23)21-15-8-6-14(7-9-15)10-25-13(4)22;1-3-4-2;1-3-2;;;/h6-9,11-12,16,19H,10H2,1-5H3,(H,20,24)(H,21,23);3-4H2,1-2H3;3H2,1-2H3;3*1H. The van der Waals surface area contributed by atoms with E-state index in [4.69, 9.17) is 4.74 Å². The first kappa shape index (κ1) is 31.8. The lowest BCUT2D eigenvalue weighted by Crippen LogP contribution is -2.51. The number of hydrogen-bond acceptors (Lipinski definition) is 5. The van der Waals surface area contributed by atoms with Gasteiger partial charge < -0.3 is 20.7 Å². The Bertz CT molecular complexity index is 658. The van der Waals surface area contributed by atoms with Gasteiger partial charge in [0.15, 0.2) is 0 Å². The van der Waals surface area contributed by atoms with Gasteiger partial charge >= 0.3 is 5.97 Å². The number of hydrogen-bond donors (Lipinski definition) is 3. The quantitative estimate of drug-likeness (QED) is 0.432. The zero-order chi connectivity index (χ0) is 25.1. The fourth-order valence-electron chi connectivity index (χ4n) is 2.26. The molecule has 0 aromatic heterocycles. The summed E-state index contributed by atoms with van der Waals surface area (Å²) in [5, 5.41) is 8.39. The molecule has 2 unspecified atom stereocenters. The highest BCUT2D eigenvalue weighted by atomic mass is 16.5. The number of esters is 1. The molecule has 0 fully saturated rings. The second-order valence-electron chi connectivity index (χ2n) is 7.91. The molecule has 3 N–H and O–H groups in total. The molecule has 190 valence electrons. The smallest absolute Gasteiger partial charge is 0.302 e. The third kappa shape index (κ3) is 15.4. The van der Waals surface area contributed by atoms with Crippen LogP contribution in [0, 0.1) is 5.92 Å². The molecule has 0 spiro atoms. The van der Waals surface area contributed by atoms with Crippen LogP contribution in [-0.2, 0) is 25.7 Å². The van der Waals surface area contributed by atoms with Gasteiger partial charge in [0.2, 0.25) is 11.8 Å². The fourth-order valence-corrected chi connectivity index (χ4v) is 2.26. The molecule has 0 aliphatic rings. The number of nitrogens with one attached hydrogen (secondary N) is 3. The maximum Gasteiger partial charge on any atom is 0.302 e. The Labute approximate surface area is 199 Å². The third-order valence-electron chi connectivity index (χ3n) is 4.18. The Morgan fingerprint density at radius 2 is 1.44 bits per heavy atom. The molecule has 0 aliphatic heterocycles. The van der Waals surface area contributed by atoms with E-state index < -0.39 is 6.04 Å². The van der Waals surface area contributed by atoms with Gasteiger partial charge in [0, 0.05) is 16.9 Å². The van der Waals surface area contributed by atoms with E-state index in [-0.39, 0.29) is 40.6 Å². The minimum atomic E-state index is -0.664. The number of amides is 2. The molecule has 0 saturated carbocycles. The summed E-state index contributed by atoms with van der Waals surface area (Å²) >= 11 is 0. The van der Waals surface area contributed by atoms with Gasteiger partial charge in [-0.3, -0.25) is 14.4 Å². The number of benzene rings is 1. The van der Waals surface area contributed by atoms with Crippen molar-refractivity contribution in [2.24, 2.45) is 5.92 Å². The van der Waals surface area contributed by atoms with Gasteiger partial charge in [-0.2, -0.15) is 0 Å². The Balaban J connectivity index is -0.000000266. The van der Waals surface area contributed by atoms with Crippen LogP contribution in [0.3, 0.4) is 0 Å². The summed E-state index contributed by atoms with van der Waals surface area (Å²) in [6.07, 6.45) is 3.89. The Kier molecular flexibility index (Phi) is 19.2. The van der Waals surface area contributed by atoms with Gasteiger partial charge in [-0.05, 0) is 37.6 Å². The summed E-state index contributed by atoms with van der Waals surface area (Å²) in [4.78, 5) is 35.2. The molecular weight excluding hydrogens is 406 g/mol. The molecule has 7 nitrogen and oxygen atoms in total. The van der Waals surface area contributed by atoms with Gasteiger partial charge in [0.1, 0.15) is 12.6 Å². The molecular formula is C25H51N3O4. The average Bonchev–Trinajstić information content (AvgIpc) is 2.74. The van der Waals surface area contributed by atoms with Gasteiger partial charge in [-0.1, -0.05) is 72.9 Å². The van der Waals surface area contributed by atoms with E-state index in [0.29, 0.717) is 5.69 Å².